The summed E-state index contributed by atoms with van der Waals surface area (Å²) in [6, 6.07) is 11.1. The fraction of sp³-hybridized carbons (Fsp3) is 0.333. The lowest BCUT2D eigenvalue weighted by Crippen LogP contribution is -2.31. The van der Waals surface area contributed by atoms with Crippen LogP contribution >= 0.6 is 23.8 Å². The number of esters is 1. The zero-order chi connectivity index (χ0) is 20.4. The predicted molar refractivity (Wildman–Crippen MR) is 113 cm³/mol. The summed E-state index contributed by atoms with van der Waals surface area (Å²) in [4.78, 5) is 12.5. The standard InChI is InChI=1S/C21H20ClNO5S/c1-2-25-18(24)11-17-21(29)23-15-7-6-12(22)10-14(15)19(28-17)13-4-3-5-16-20(13)27-9-8-26-16/h3-7,10,17,19H,2,8-9,11H2,1H3,(H,23,29). The maximum Gasteiger partial charge on any atom is 0.308 e. The van der Waals surface area contributed by atoms with Crippen molar-refractivity contribution < 1.29 is 23.7 Å². The van der Waals surface area contributed by atoms with Crippen LogP contribution in [0.1, 0.15) is 30.6 Å². The molecule has 8 heteroatoms. The molecule has 0 aliphatic carbocycles. The van der Waals surface area contributed by atoms with E-state index < -0.39 is 12.2 Å². The third-order valence-corrected chi connectivity index (χ3v) is 5.28. The van der Waals surface area contributed by atoms with Gasteiger partial charge >= 0.3 is 5.97 Å². The number of carbonyl (C=O) groups excluding carboxylic acids is 1. The molecule has 152 valence electrons. The first-order valence-electron chi connectivity index (χ1n) is 9.36. The highest BCUT2D eigenvalue weighted by Crippen LogP contribution is 2.44. The zero-order valence-corrected chi connectivity index (χ0v) is 17.3. The molecular weight excluding hydrogens is 414 g/mol. The van der Waals surface area contributed by atoms with E-state index in [4.69, 9.17) is 42.8 Å². The first kappa shape index (κ1) is 19.9. The maximum atomic E-state index is 12.1. The van der Waals surface area contributed by atoms with Crippen LogP contribution in [-0.2, 0) is 14.3 Å². The highest BCUT2D eigenvalue weighted by molar-refractivity contribution is 7.80. The van der Waals surface area contributed by atoms with Gasteiger partial charge in [0.1, 0.15) is 30.4 Å². The Morgan fingerprint density at radius 2 is 2.07 bits per heavy atom. The SMILES string of the molecule is CCOC(=O)CC1OC(c2cccc3c2OCCO3)c2cc(Cl)ccc2NC1=S. The first-order valence-corrected chi connectivity index (χ1v) is 10.2. The summed E-state index contributed by atoms with van der Waals surface area (Å²) in [5.41, 5.74) is 2.35. The number of carbonyl (C=O) groups is 1. The summed E-state index contributed by atoms with van der Waals surface area (Å²) in [5.74, 6) is 0.902. The molecule has 6 nitrogen and oxygen atoms in total. The van der Waals surface area contributed by atoms with E-state index in [0.717, 1.165) is 16.8 Å². The summed E-state index contributed by atoms with van der Waals surface area (Å²) < 4.78 is 23.1. The monoisotopic (exact) mass is 433 g/mol. The number of thiocarbonyl (C=S) groups is 1. The van der Waals surface area contributed by atoms with Crippen molar-refractivity contribution in [1.29, 1.82) is 0 Å². The number of hydrogen-bond donors (Lipinski definition) is 1. The van der Waals surface area contributed by atoms with Gasteiger partial charge in [-0.25, -0.2) is 0 Å². The minimum atomic E-state index is -0.666. The summed E-state index contributed by atoms with van der Waals surface area (Å²) in [5, 5.41) is 3.76. The average Bonchev–Trinajstić information content (AvgIpc) is 2.84. The quantitative estimate of drug-likeness (QED) is 0.569. The Balaban J connectivity index is 1.78. The van der Waals surface area contributed by atoms with E-state index in [2.05, 4.69) is 5.32 Å². The number of rotatable bonds is 4. The summed E-state index contributed by atoms with van der Waals surface area (Å²) >= 11 is 11.8. The second kappa shape index (κ2) is 8.57. The van der Waals surface area contributed by atoms with Crippen molar-refractivity contribution >= 4 is 40.5 Å². The molecule has 29 heavy (non-hydrogen) atoms. The molecule has 2 aliphatic heterocycles. The van der Waals surface area contributed by atoms with Gasteiger partial charge in [-0.05, 0) is 31.2 Å². The molecule has 2 atom stereocenters. The highest BCUT2D eigenvalue weighted by atomic mass is 35.5. The minimum Gasteiger partial charge on any atom is -0.486 e. The number of nitrogens with one attached hydrogen (secondary N) is 1. The van der Waals surface area contributed by atoms with Gasteiger partial charge in [0.15, 0.2) is 11.5 Å². The van der Waals surface area contributed by atoms with E-state index in [-0.39, 0.29) is 12.4 Å². The van der Waals surface area contributed by atoms with Gasteiger partial charge in [0.05, 0.1) is 13.0 Å². The molecule has 2 heterocycles. The number of hydrogen-bond acceptors (Lipinski definition) is 6. The number of para-hydroxylation sites is 1. The van der Waals surface area contributed by atoms with Crippen LogP contribution in [0.4, 0.5) is 5.69 Å². The van der Waals surface area contributed by atoms with Crippen LogP contribution in [0, 0.1) is 0 Å². The molecule has 0 amide bonds. The zero-order valence-electron chi connectivity index (χ0n) is 15.8. The van der Waals surface area contributed by atoms with Crippen molar-refractivity contribution in [3.8, 4) is 11.5 Å². The molecule has 2 aromatic rings. The lowest BCUT2D eigenvalue weighted by atomic mass is 9.98. The Labute approximate surface area is 179 Å². The number of fused-ring (bicyclic) bond motifs is 2. The van der Waals surface area contributed by atoms with Crippen molar-refractivity contribution in [2.75, 3.05) is 25.1 Å². The second-order valence-electron chi connectivity index (χ2n) is 6.61. The smallest absolute Gasteiger partial charge is 0.308 e. The van der Waals surface area contributed by atoms with E-state index in [1.165, 1.54) is 0 Å². The molecule has 2 aromatic carbocycles. The molecule has 0 spiro atoms. The number of ether oxygens (including phenoxy) is 4. The lowest BCUT2D eigenvalue weighted by Gasteiger charge is -2.27. The van der Waals surface area contributed by atoms with Crippen LogP contribution in [0.25, 0.3) is 0 Å². The highest BCUT2D eigenvalue weighted by Gasteiger charge is 2.34. The van der Waals surface area contributed by atoms with Crippen molar-refractivity contribution in [1.82, 2.24) is 0 Å². The van der Waals surface area contributed by atoms with E-state index in [9.17, 15) is 4.79 Å². The molecule has 2 unspecified atom stereocenters. The third-order valence-electron chi connectivity index (χ3n) is 4.68. The molecule has 0 bridgehead atoms. The van der Waals surface area contributed by atoms with Gasteiger partial charge in [-0.3, -0.25) is 4.79 Å². The Morgan fingerprint density at radius 3 is 2.90 bits per heavy atom. The second-order valence-corrected chi connectivity index (χ2v) is 7.48. The van der Waals surface area contributed by atoms with Gasteiger partial charge in [-0.15, -0.1) is 0 Å². The number of benzene rings is 2. The van der Waals surface area contributed by atoms with Gasteiger partial charge in [0, 0.05) is 21.8 Å². The van der Waals surface area contributed by atoms with E-state index in [1.54, 1.807) is 13.0 Å². The van der Waals surface area contributed by atoms with Crippen LogP contribution in [0.2, 0.25) is 5.02 Å². The minimum absolute atomic E-state index is 0.00424. The molecule has 0 saturated carbocycles. The Morgan fingerprint density at radius 1 is 1.24 bits per heavy atom. The van der Waals surface area contributed by atoms with Gasteiger partial charge in [0.2, 0.25) is 0 Å². The van der Waals surface area contributed by atoms with E-state index in [0.29, 0.717) is 41.3 Å². The van der Waals surface area contributed by atoms with Crippen LogP contribution in [-0.4, -0.2) is 36.9 Å². The van der Waals surface area contributed by atoms with Gasteiger partial charge in [-0.2, -0.15) is 0 Å². The average molecular weight is 434 g/mol. The first-order chi connectivity index (χ1) is 14.1. The van der Waals surface area contributed by atoms with Crippen LogP contribution in [0.3, 0.4) is 0 Å². The molecule has 0 aromatic heterocycles. The molecule has 1 N–H and O–H groups in total. The molecule has 0 fully saturated rings. The predicted octanol–water partition coefficient (Wildman–Crippen LogP) is 4.29. The van der Waals surface area contributed by atoms with Crippen LogP contribution in [0.5, 0.6) is 11.5 Å². The summed E-state index contributed by atoms with van der Waals surface area (Å²) in [6.07, 6.45) is -1.22. The van der Waals surface area contributed by atoms with Crippen LogP contribution in [0.15, 0.2) is 36.4 Å². The Bertz CT molecular complexity index is 951. The van der Waals surface area contributed by atoms with Gasteiger partial charge in [0.25, 0.3) is 0 Å². The molecular formula is C21H20ClNO5S. The Hall–Kier alpha value is -2.35. The maximum absolute atomic E-state index is 12.1. The number of anilines is 1. The normalized spacial score (nSPS) is 20.3. The molecule has 4 rings (SSSR count). The molecule has 0 radical (unpaired) electrons. The Kier molecular flexibility index (Phi) is 5.89. The van der Waals surface area contributed by atoms with E-state index in [1.807, 2.05) is 30.3 Å². The van der Waals surface area contributed by atoms with Crippen molar-refractivity contribution in [3.63, 3.8) is 0 Å². The number of halogens is 1. The van der Waals surface area contributed by atoms with Crippen LogP contribution < -0.4 is 14.8 Å². The van der Waals surface area contributed by atoms with E-state index >= 15 is 0 Å². The molecule has 2 aliphatic rings. The lowest BCUT2D eigenvalue weighted by molar-refractivity contribution is -0.145. The third kappa shape index (κ3) is 4.17. The summed E-state index contributed by atoms with van der Waals surface area (Å²) in [6.45, 7) is 2.99. The van der Waals surface area contributed by atoms with Gasteiger partial charge < -0.3 is 24.3 Å². The van der Waals surface area contributed by atoms with Crippen molar-refractivity contribution in [2.45, 2.75) is 25.6 Å². The van der Waals surface area contributed by atoms with Crippen molar-refractivity contribution in [3.05, 3.63) is 52.5 Å². The van der Waals surface area contributed by atoms with Crippen molar-refractivity contribution in [2.24, 2.45) is 0 Å². The largest absolute Gasteiger partial charge is 0.486 e. The fourth-order valence-corrected chi connectivity index (χ4v) is 3.86. The molecule has 0 saturated heterocycles. The van der Waals surface area contributed by atoms with Gasteiger partial charge in [-0.1, -0.05) is 36.0 Å². The fourth-order valence-electron chi connectivity index (χ4n) is 3.43. The topological polar surface area (TPSA) is 66.0 Å². The summed E-state index contributed by atoms with van der Waals surface area (Å²) in [7, 11) is 0.